The Morgan fingerprint density at radius 1 is 1.16 bits per heavy atom. The Hall–Kier alpha value is -1.26. The van der Waals surface area contributed by atoms with Crippen LogP contribution in [0.2, 0.25) is 0 Å². The Labute approximate surface area is 116 Å². The molecule has 19 heavy (non-hydrogen) atoms. The molecule has 0 aromatic carbocycles. The van der Waals surface area contributed by atoms with Crippen LogP contribution in [0.15, 0.2) is 0 Å². The maximum absolute atomic E-state index is 12.1. The molecule has 0 aliphatic rings. The Bertz CT molecular complexity index is 280. The topological polar surface area (TPSA) is 69.6 Å². The lowest BCUT2D eigenvalue weighted by molar-refractivity contribution is -0.138. The van der Waals surface area contributed by atoms with Gasteiger partial charge in [0.05, 0.1) is 0 Å². The first-order chi connectivity index (χ1) is 8.92. The first-order valence-corrected chi connectivity index (χ1v) is 7.21. The van der Waals surface area contributed by atoms with Crippen molar-refractivity contribution < 1.29 is 14.7 Å². The number of carboxylic acid groups (broad SMARTS) is 1. The van der Waals surface area contributed by atoms with E-state index < -0.39 is 5.97 Å². The van der Waals surface area contributed by atoms with E-state index in [2.05, 4.69) is 19.2 Å². The van der Waals surface area contributed by atoms with Crippen LogP contribution in [0.5, 0.6) is 0 Å². The summed E-state index contributed by atoms with van der Waals surface area (Å²) in [6, 6.07) is -0.246. The molecule has 2 N–H and O–H groups in total. The van der Waals surface area contributed by atoms with Crippen LogP contribution in [0.4, 0.5) is 4.79 Å². The number of nitrogens with one attached hydrogen (secondary N) is 1. The van der Waals surface area contributed by atoms with E-state index in [1.165, 1.54) is 4.90 Å². The van der Waals surface area contributed by atoms with E-state index in [-0.39, 0.29) is 24.7 Å². The fourth-order valence-corrected chi connectivity index (χ4v) is 1.98. The second-order valence-electron chi connectivity index (χ2n) is 5.19. The number of hydrogen-bond acceptors (Lipinski definition) is 2. The standard InChI is InChI=1S/C14H28N2O3/c1-5-7-9-12(8-6-2)15-14(19)16(11(3)4)10-13(17)18/h11-12H,5-10H2,1-4H3,(H,15,19)(H,17,18). The van der Waals surface area contributed by atoms with E-state index in [1.807, 2.05) is 13.8 Å². The zero-order valence-electron chi connectivity index (χ0n) is 12.6. The van der Waals surface area contributed by atoms with Crippen LogP contribution in [0.1, 0.15) is 59.8 Å². The summed E-state index contributed by atoms with van der Waals surface area (Å²) >= 11 is 0. The van der Waals surface area contributed by atoms with Gasteiger partial charge in [-0.3, -0.25) is 4.79 Å². The SMILES string of the molecule is CCCCC(CCC)NC(=O)N(CC(=O)O)C(C)C. The second kappa shape index (κ2) is 9.64. The predicted molar refractivity (Wildman–Crippen MR) is 76.2 cm³/mol. The molecule has 2 amide bonds. The van der Waals surface area contributed by atoms with Crippen molar-refractivity contribution >= 4 is 12.0 Å². The van der Waals surface area contributed by atoms with Gasteiger partial charge in [-0.25, -0.2) is 4.79 Å². The van der Waals surface area contributed by atoms with Gasteiger partial charge < -0.3 is 15.3 Å². The maximum Gasteiger partial charge on any atom is 0.323 e. The summed E-state index contributed by atoms with van der Waals surface area (Å²) in [7, 11) is 0. The Kier molecular flexibility index (Phi) is 9.00. The van der Waals surface area contributed by atoms with Crippen molar-refractivity contribution in [3.63, 3.8) is 0 Å². The maximum atomic E-state index is 12.1. The molecule has 0 saturated carbocycles. The number of amides is 2. The molecule has 0 fully saturated rings. The van der Waals surface area contributed by atoms with Gasteiger partial charge in [-0.05, 0) is 26.7 Å². The summed E-state index contributed by atoms with van der Waals surface area (Å²) in [5.41, 5.74) is 0. The Morgan fingerprint density at radius 2 is 1.79 bits per heavy atom. The van der Waals surface area contributed by atoms with Gasteiger partial charge in [-0.2, -0.15) is 0 Å². The summed E-state index contributed by atoms with van der Waals surface area (Å²) in [4.78, 5) is 24.3. The molecule has 0 aliphatic carbocycles. The van der Waals surface area contributed by atoms with Crippen LogP contribution in [-0.2, 0) is 4.79 Å². The average molecular weight is 272 g/mol. The van der Waals surface area contributed by atoms with Gasteiger partial charge >= 0.3 is 12.0 Å². The average Bonchev–Trinajstić information content (AvgIpc) is 2.32. The van der Waals surface area contributed by atoms with Crippen molar-refractivity contribution in [1.29, 1.82) is 0 Å². The zero-order valence-corrected chi connectivity index (χ0v) is 12.6. The van der Waals surface area contributed by atoms with Crippen molar-refractivity contribution in [2.24, 2.45) is 0 Å². The van der Waals surface area contributed by atoms with Crippen LogP contribution >= 0.6 is 0 Å². The zero-order chi connectivity index (χ0) is 14.8. The summed E-state index contributed by atoms with van der Waals surface area (Å²) in [5, 5.41) is 11.8. The highest BCUT2D eigenvalue weighted by atomic mass is 16.4. The lowest BCUT2D eigenvalue weighted by Gasteiger charge is -2.28. The molecule has 1 atom stereocenters. The van der Waals surface area contributed by atoms with Crippen molar-refractivity contribution in [2.45, 2.75) is 71.9 Å². The highest BCUT2D eigenvalue weighted by Gasteiger charge is 2.21. The van der Waals surface area contributed by atoms with Gasteiger partial charge in [-0.15, -0.1) is 0 Å². The van der Waals surface area contributed by atoms with E-state index in [4.69, 9.17) is 5.11 Å². The van der Waals surface area contributed by atoms with Gasteiger partial charge in [0.1, 0.15) is 6.54 Å². The van der Waals surface area contributed by atoms with Gasteiger partial charge in [-0.1, -0.05) is 33.1 Å². The van der Waals surface area contributed by atoms with E-state index in [0.29, 0.717) is 0 Å². The molecule has 0 aromatic heterocycles. The third-order valence-electron chi connectivity index (χ3n) is 3.06. The Morgan fingerprint density at radius 3 is 2.21 bits per heavy atom. The normalized spacial score (nSPS) is 12.3. The second-order valence-corrected chi connectivity index (χ2v) is 5.19. The van der Waals surface area contributed by atoms with Gasteiger partial charge in [0.2, 0.25) is 0 Å². The first kappa shape index (κ1) is 17.7. The summed E-state index contributed by atoms with van der Waals surface area (Å²) in [5.74, 6) is -0.982. The fraction of sp³-hybridized carbons (Fsp3) is 0.857. The van der Waals surface area contributed by atoms with Crippen molar-refractivity contribution in [1.82, 2.24) is 10.2 Å². The van der Waals surface area contributed by atoms with Crippen molar-refractivity contribution in [3.05, 3.63) is 0 Å². The number of aliphatic carboxylic acids is 1. The minimum Gasteiger partial charge on any atom is -0.480 e. The molecule has 0 aromatic rings. The third-order valence-corrected chi connectivity index (χ3v) is 3.06. The quantitative estimate of drug-likeness (QED) is 0.678. The molecule has 0 aliphatic heterocycles. The number of hydrogen-bond donors (Lipinski definition) is 2. The largest absolute Gasteiger partial charge is 0.480 e. The van der Waals surface area contributed by atoms with Crippen LogP contribution in [0.3, 0.4) is 0 Å². The third kappa shape index (κ3) is 7.70. The van der Waals surface area contributed by atoms with Crippen LogP contribution < -0.4 is 5.32 Å². The number of rotatable bonds is 9. The lowest BCUT2D eigenvalue weighted by Crippen LogP contribution is -2.49. The molecule has 0 saturated heterocycles. The van der Waals surface area contributed by atoms with Crippen molar-refractivity contribution in [3.8, 4) is 0 Å². The molecule has 0 bridgehead atoms. The molecule has 5 heteroatoms. The van der Waals surface area contributed by atoms with Gasteiger partial charge in [0.15, 0.2) is 0 Å². The fourth-order valence-electron chi connectivity index (χ4n) is 1.98. The minimum atomic E-state index is -0.982. The molecule has 112 valence electrons. The van der Waals surface area contributed by atoms with Crippen LogP contribution in [0, 0.1) is 0 Å². The number of urea groups is 1. The number of carbonyl (C=O) groups excluding carboxylic acids is 1. The molecule has 0 radical (unpaired) electrons. The first-order valence-electron chi connectivity index (χ1n) is 7.21. The van der Waals surface area contributed by atoms with E-state index in [0.717, 1.165) is 32.1 Å². The molecule has 1 unspecified atom stereocenters. The summed E-state index contributed by atoms with van der Waals surface area (Å²) < 4.78 is 0. The Balaban J connectivity index is 4.51. The molecule has 5 nitrogen and oxygen atoms in total. The molecular weight excluding hydrogens is 244 g/mol. The summed E-state index contributed by atoms with van der Waals surface area (Å²) in [6.07, 6.45) is 5.07. The lowest BCUT2D eigenvalue weighted by atomic mass is 10.1. The van der Waals surface area contributed by atoms with E-state index in [9.17, 15) is 9.59 Å². The van der Waals surface area contributed by atoms with Gasteiger partial charge in [0.25, 0.3) is 0 Å². The smallest absolute Gasteiger partial charge is 0.323 e. The number of carboxylic acids is 1. The summed E-state index contributed by atoms with van der Waals surface area (Å²) in [6.45, 7) is 7.60. The number of carbonyl (C=O) groups is 2. The number of nitrogens with zero attached hydrogens (tertiary/aromatic N) is 1. The molecule has 0 rings (SSSR count). The van der Waals surface area contributed by atoms with Crippen molar-refractivity contribution in [2.75, 3.05) is 6.54 Å². The predicted octanol–water partition coefficient (Wildman–Crippen LogP) is 2.85. The van der Waals surface area contributed by atoms with E-state index in [1.54, 1.807) is 0 Å². The molecular formula is C14H28N2O3. The van der Waals surface area contributed by atoms with Crippen LogP contribution in [-0.4, -0.2) is 40.6 Å². The van der Waals surface area contributed by atoms with E-state index >= 15 is 0 Å². The highest BCUT2D eigenvalue weighted by molar-refractivity contribution is 5.80. The molecule has 0 heterocycles. The van der Waals surface area contributed by atoms with Crippen LogP contribution in [0.25, 0.3) is 0 Å². The van der Waals surface area contributed by atoms with Gasteiger partial charge in [0, 0.05) is 12.1 Å². The highest BCUT2D eigenvalue weighted by Crippen LogP contribution is 2.08. The minimum absolute atomic E-state index is 0.121. The molecule has 0 spiro atoms. The monoisotopic (exact) mass is 272 g/mol. The number of unbranched alkanes of at least 4 members (excludes halogenated alkanes) is 1.